The minimum atomic E-state index is -0.858. The minimum absolute atomic E-state index is 0.229. The zero-order valence-corrected chi connectivity index (χ0v) is 12.9. The predicted octanol–water partition coefficient (Wildman–Crippen LogP) is 3.43. The van der Waals surface area contributed by atoms with Crippen molar-refractivity contribution in [2.24, 2.45) is 5.92 Å². The molecule has 0 spiro atoms. The van der Waals surface area contributed by atoms with Gasteiger partial charge in [-0.1, -0.05) is 27.5 Å². The largest absolute Gasteiger partial charge is 0.481 e. The first-order chi connectivity index (χ1) is 9.47. The molecular weight excluding hydrogens is 348 g/mol. The van der Waals surface area contributed by atoms with Crippen LogP contribution in [0.25, 0.3) is 0 Å². The normalized spacial score (nSPS) is 18.7. The lowest BCUT2D eigenvalue weighted by atomic mass is 9.99. The number of urea groups is 1. The van der Waals surface area contributed by atoms with Crippen LogP contribution in [0.1, 0.15) is 12.8 Å². The Morgan fingerprint density at radius 3 is 2.90 bits per heavy atom. The number of halogens is 2. The molecule has 1 aliphatic heterocycles. The number of rotatable bonds is 2. The number of benzene rings is 1. The van der Waals surface area contributed by atoms with Crippen LogP contribution in [0.2, 0.25) is 5.02 Å². The quantitative estimate of drug-likeness (QED) is 0.848. The summed E-state index contributed by atoms with van der Waals surface area (Å²) in [6, 6.07) is 4.84. The third-order valence-electron chi connectivity index (χ3n) is 3.23. The number of piperidine rings is 1. The van der Waals surface area contributed by atoms with Crippen molar-refractivity contribution in [3.8, 4) is 0 Å². The van der Waals surface area contributed by atoms with E-state index >= 15 is 0 Å². The van der Waals surface area contributed by atoms with Gasteiger partial charge in [0.1, 0.15) is 0 Å². The molecule has 0 saturated carbocycles. The number of amides is 2. The number of carboxylic acids is 1. The Hall–Kier alpha value is -1.27. The molecule has 1 fully saturated rings. The van der Waals surface area contributed by atoms with Gasteiger partial charge in [-0.15, -0.1) is 0 Å². The van der Waals surface area contributed by atoms with Crippen molar-refractivity contribution >= 4 is 45.2 Å². The Balaban J connectivity index is 2.04. The van der Waals surface area contributed by atoms with Gasteiger partial charge in [0.2, 0.25) is 0 Å². The fourth-order valence-corrected chi connectivity index (χ4v) is 2.68. The molecule has 1 saturated heterocycles. The summed E-state index contributed by atoms with van der Waals surface area (Å²) in [6.45, 7) is 0.786. The minimum Gasteiger partial charge on any atom is -0.481 e. The van der Waals surface area contributed by atoms with Crippen molar-refractivity contribution in [1.29, 1.82) is 0 Å². The topological polar surface area (TPSA) is 69.6 Å². The van der Waals surface area contributed by atoms with Crippen molar-refractivity contribution in [3.05, 3.63) is 27.7 Å². The second-order valence-corrected chi connectivity index (χ2v) is 6.00. The maximum absolute atomic E-state index is 12.1. The lowest BCUT2D eigenvalue weighted by Gasteiger charge is -2.30. The Morgan fingerprint density at radius 2 is 2.20 bits per heavy atom. The van der Waals surface area contributed by atoms with Crippen LogP contribution in [0, 0.1) is 5.92 Å². The maximum Gasteiger partial charge on any atom is 0.321 e. The molecule has 1 heterocycles. The Bertz CT molecular complexity index is 538. The van der Waals surface area contributed by atoms with Crippen LogP contribution in [-0.2, 0) is 4.79 Å². The van der Waals surface area contributed by atoms with Gasteiger partial charge in [0, 0.05) is 17.6 Å². The van der Waals surface area contributed by atoms with Crippen molar-refractivity contribution in [1.82, 2.24) is 4.90 Å². The van der Waals surface area contributed by atoms with Crippen LogP contribution < -0.4 is 5.32 Å². The number of aliphatic carboxylic acids is 1. The predicted molar refractivity (Wildman–Crippen MR) is 80.1 cm³/mol. The summed E-state index contributed by atoms with van der Waals surface area (Å²) in [5.74, 6) is -1.35. The molecule has 7 heteroatoms. The third kappa shape index (κ3) is 3.64. The second kappa shape index (κ2) is 6.45. The van der Waals surface area contributed by atoms with Crippen LogP contribution in [0.5, 0.6) is 0 Å². The summed E-state index contributed by atoms with van der Waals surface area (Å²) in [7, 11) is 0. The number of carbonyl (C=O) groups excluding carboxylic acids is 1. The third-order valence-corrected chi connectivity index (χ3v) is 4.05. The molecule has 0 bridgehead atoms. The van der Waals surface area contributed by atoms with Gasteiger partial charge < -0.3 is 15.3 Å². The molecule has 0 aromatic heterocycles. The van der Waals surface area contributed by atoms with E-state index in [-0.39, 0.29) is 12.6 Å². The van der Waals surface area contributed by atoms with E-state index in [2.05, 4.69) is 21.2 Å². The van der Waals surface area contributed by atoms with Crippen LogP contribution in [-0.4, -0.2) is 35.1 Å². The number of likely N-dealkylation sites (tertiary alicyclic amines) is 1. The van der Waals surface area contributed by atoms with E-state index in [1.54, 1.807) is 18.2 Å². The first-order valence-corrected chi connectivity index (χ1v) is 7.38. The van der Waals surface area contributed by atoms with E-state index in [4.69, 9.17) is 16.7 Å². The zero-order chi connectivity index (χ0) is 14.7. The number of hydrogen-bond acceptors (Lipinski definition) is 2. The fourth-order valence-electron chi connectivity index (χ4n) is 2.15. The first kappa shape index (κ1) is 15.1. The number of nitrogens with one attached hydrogen (secondary N) is 1. The van der Waals surface area contributed by atoms with Gasteiger partial charge in [0.05, 0.1) is 16.6 Å². The first-order valence-electron chi connectivity index (χ1n) is 6.21. The smallest absolute Gasteiger partial charge is 0.321 e. The van der Waals surface area contributed by atoms with E-state index < -0.39 is 11.9 Å². The molecule has 2 amide bonds. The van der Waals surface area contributed by atoms with E-state index in [9.17, 15) is 9.59 Å². The summed E-state index contributed by atoms with van der Waals surface area (Å²) in [5, 5.41) is 12.2. The molecule has 1 atom stereocenters. The van der Waals surface area contributed by atoms with Crippen molar-refractivity contribution in [3.63, 3.8) is 0 Å². The number of carboxylic acid groups (broad SMARTS) is 1. The van der Waals surface area contributed by atoms with E-state index in [1.165, 1.54) is 4.90 Å². The number of carbonyl (C=O) groups is 2. The summed E-state index contributed by atoms with van der Waals surface area (Å²) in [6.07, 6.45) is 1.30. The van der Waals surface area contributed by atoms with Crippen LogP contribution in [0.15, 0.2) is 22.7 Å². The summed E-state index contributed by atoms with van der Waals surface area (Å²) >= 11 is 9.32. The average molecular weight is 362 g/mol. The van der Waals surface area contributed by atoms with Gasteiger partial charge in [-0.05, 0) is 31.0 Å². The van der Waals surface area contributed by atoms with Gasteiger partial charge in [-0.3, -0.25) is 4.79 Å². The van der Waals surface area contributed by atoms with Crippen LogP contribution in [0.4, 0.5) is 10.5 Å². The molecule has 2 rings (SSSR count). The lowest BCUT2D eigenvalue weighted by Crippen LogP contribution is -2.44. The molecule has 108 valence electrons. The molecule has 1 aromatic rings. The number of nitrogens with zero attached hydrogens (tertiary/aromatic N) is 1. The van der Waals surface area contributed by atoms with Gasteiger partial charge >= 0.3 is 12.0 Å². The van der Waals surface area contributed by atoms with E-state index in [1.807, 2.05) is 0 Å². The zero-order valence-electron chi connectivity index (χ0n) is 10.6. The van der Waals surface area contributed by atoms with Gasteiger partial charge in [0.25, 0.3) is 0 Å². The Labute approximate surface area is 130 Å². The second-order valence-electron chi connectivity index (χ2n) is 4.68. The van der Waals surface area contributed by atoms with Crippen molar-refractivity contribution in [2.45, 2.75) is 12.8 Å². The molecule has 0 unspecified atom stereocenters. The molecular formula is C13H14BrClN2O3. The highest BCUT2D eigenvalue weighted by molar-refractivity contribution is 9.10. The summed E-state index contributed by atoms with van der Waals surface area (Å²) in [5.41, 5.74) is 0.503. The fraction of sp³-hybridized carbons (Fsp3) is 0.385. The van der Waals surface area contributed by atoms with Crippen molar-refractivity contribution in [2.75, 3.05) is 18.4 Å². The number of hydrogen-bond donors (Lipinski definition) is 2. The van der Waals surface area contributed by atoms with Gasteiger partial charge in [-0.2, -0.15) is 0 Å². The summed E-state index contributed by atoms with van der Waals surface area (Å²) in [4.78, 5) is 24.7. The molecule has 0 aliphatic carbocycles. The molecule has 0 radical (unpaired) electrons. The molecule has 2 N–H and O–H groups in total. The monoisotopic (exact) mass is 360 g/mol. The summed E-state index contributed by atoms with van der Waals surface area (Å²) < 4.78 is 0.805. The maximum atomic E-state index is 12.1. The standard InChI is InChI=1S/C13H14BrClN2O3/c14-9-3-4-10(15)11(6-9)16-13(20)17-5-1-2-8(7-17)12(18)19/h3-4,6,8H,1-2,5,7H2,(H,16,20)(H,18,19)/t8-/m1/s1. The van der Waals surface area contributed by atoms with Crippen molar-refractivity contribution < 1.29 is 14.7 Å². The number of anilines is 1. The SMILES string of the molecule is O=C(O)[C@@H]1CCCN(C(=O)Nc2cc(Br)ccc2Cl)C1. The van der Waals surface area contributed by atoms with Crippen LogP contribution in [0.3, 0.4) is 0 Å². The molecule has 20 heavy (non-hydrogen) atoms. The van der Waals surface area contributed by atoms with Gasteiger partial charge in [0.15, 0.2) is 0 Å². The lowest BCUT2D eigenvalue weighted by molar-refractivity contribution is -0.143. The Kier molecular flexibility index (Phi) is 4.88. The van der Waals surface area contributed by atoms with Gasteiger partial charge in [-0.25, -0.2) is 4.79 Å². The van der Waals surface area contributed by atoms with E-state index in [0.29, 0.717) is 30.1 Å². The highest BCUT2D eigenvalue weighted by Crippen LogP contribution is 2.26. The highest BCUT2D eigenvalue weighted by Gasteiger charge is 2.28. The van der Waals surface area contributed by atoms with Crippen LogP contribution >= 0.6 is 27.5 Å². The molecule has 5 nitrogen and oxygen atoms in total. The molecule has 1 aromatic carbocycles. The molecule has 1 aliphatic rings. The highest BCUT2D eigenvalue weighted by atomic mass is 79.9. The Morgan fingerprint density at radius 1 is 1.45 bits per heavy atom. The average Bonchev–Trinajstić information content (AvgIpc) is 2.43. The van der Waals surface area contributed by atoms with E-state index in [0.717, 1.165) is 4.47 Å².